The van der Waals surface area contributed by atoms with Gasteiger partial charge >= 0.3 is 0 Å². The molecule has 0 N–H and O–H groups in total. The molecule has 0 aliphatic rings. The lowest BCUT2D eigenvalue weighted by Gasteiger charge is -2.02. The molecule has 6 nitrogen and oxygen atoms in total. The standard InChI is InChI=1S/C20H15Cl3N6/c1-3-24-18-27-19(25-10-13-12(2)6-4-7-15(13)21)29-20(28-18)26-11-14-16(22)8-5-9-17(14)23/h3-11H,1-2H3. The zero-order valence-electron chi connectivity index (χ0n) is 15.5. The zero-order valence-corrected chi connectivity index (χ0v) is 17.8. The van der Waals surface area contributed by atoms with Crippen molar-refractivity contribution in [3.8, 4) is 0 Å². The summed E-state index contributed by atoms with van der Waals surface area (Å²) in [7, 11) is 0. The van der Waals surface area contributed by atoms with E-state index < -0.39 is 0 Å². The predicted octanol–water partition coefficient (Wildman–Crippen LogP) is 6.36. The second-order valence-corrected chi connectivity index (χ2v) is 6.97. The summed E-state index contributed by atoms with van der Waals surface area (Å²) in [5.74, 6) is 0.458. The third-order valence-corrected chi connectivity index (χ3v) is 4.72. The van der Waals surface area contributed by atoms with Crippen LogP contribution in [-0.2, 0) is 0 Å². The fraction of sp³-hybridized carbons (Fsp3) is 0.100. The van der Waals surface area contributed by atoms with Gasteiger partial charge in [0.05, 0.1) is 10.0 Å². The number of halogens is 3. The molecule has 0 aliphatic carbocycles. The first-order valence-electron chi connectivity index (χ1n) is 8.50. The monoisotopic (exact) mass is 444 g/mol. The van der Waals surface area contributed by atoms with E-state index in [1.54, 1.807) is 43.6 Å². The van der Waals surface area contributed by atoms with Crippen LogP contribution in [0.15, 0.2) is 51.4 Å². The largest absolute Gasteiger partial charge is 0.256 e. The van der Waals surface area contributed by atoms with E-state index in [1.807, 2.05) is 19.1 Å². The maximum atomic E-state index is 6.24. The first kappa shape index (κ1) is 21.0. The maximum Gasteiger partial charge on any atom is 0.256 e. The Morgan fingerprint density at radius 3 is 1.66 bits per heavy atom. The second kappa shape index (κ2) is 9.69. The van der Waals surface area contributed by atoms with E-state index in [9.17, 15) is 0 Å². The summed E-state index contributed by atoms with van der Waals surface area (Å²) in [5, 5.41) is 1.52. The van der Waals surface area contributed by atoms with Crippen LogP contribution in [0.25, 0.3) is 0 Å². The summed E-state index contributed by atoms with van der Waals surface area (Å²) >= 11 is 18.6. The lowest BCUT2D eigenvalue weighted by atomic mass is 10.1. The van der Waals surface area contributed by atoms with Gasteiger partial charge in [0.15, 0.2) is 0 Å². The van der Waals surface area contributed by atoms with Crippen LogP contribution in [0.1, 0.15) is 23.6 Å². The van der Waals surface area contributed by atoms with Crippen LogP contribution in [0.4, 0.5) is 17.8 Å². The van der Waals surface area contributed by atoms with Crippen LogP contribution in [0.5, 0.6) is 0 Å². The van der Waals surface area contributed by atoms with Crippen molar-refractivity contribution in [3.05, 3.63) is 68.2 Å². The van der Waals surface area contributed by atoms with Crippen molar-refractivity contribution in [2.75, 3.05) is 0 Å². The van der Waals surface area contributed by atoms with Gasteiger partial charge in [-0.2, -0.15) is 15.0 Å². The van der Waals surface area contributed by atoms with E-state index in [0.717, 1.165) is 11.1 Å². The van der Waals surface area contributed by atoms with E-state index in [0.29, 0.717) is 20.6 Å². The SMILES string of the molecule is CC=Nc1nc(N=Cc2c(C)cccc2Cl)nc(N=Cc2c(Cl)cccc2Cl)n1. The van der Waals surface area contributed by atoms with Gasteiger partial charge in [0.2, 0.25) is 0 Å². The van der Waals surface area contributed by atoms with Crippen LogP contribution in [0.3, 0.4) is 0 Å². The molecule has 3 rings (SSSR count). The second-order valence-electron chi connectivity index (χ2n) is 5.74. The van der Waals surface area contributed by atoms with Gasteiger partial charge in [0.1, 0.15) is 0 Å². The Labute approximate surface area is 183 Å². The van der Waals surface area contributed by atoms with Gasteiger partial charge in [-0.1, -0.05) is 53.0 Å². The average Bonchev–Trinajstić information content (AvgIpc) is 2.67. The average molecular weight is 446 g/mol. The molecule has 0 unspecified atom stereocenters. The summed E-state index contributed by atoms with van der Waals surface area (Å²) in [4.78, 5) is 25.3. The molecule has 146 valence electrons. The van der Waals surface area contributed by atoms with E-state index in [2.05, 4.69) is 29.9 Å². The molecule has 0 atom stereocenters. The number of benzene rings is 2. The molecule has 0 spiro atoms. The summed E-state index contributed by atoms with van der Waals surface area (Å²) in [6.45, 7) is 3.70. The number of nitrogens with zero attached hydrogens (tertiary/aromatic N) is 6. The lowest BCUT2D eigenvalue weighted by Crippen LogP contribution is -1.92. The fourth-order valence-electron chi connectivity index (χ4n) is 2.32. The van der Waals surface area contributed by atoms with Crippen LogP contribution in [0.2, 0.25) is 15.1 Å². The minimum absolute atomic E-state index is 0.125. The summed E-state index contributed by atoms with van der Waals surface area (Å²) in [6.07, 6.45) is 4.66. The third kappa shape index (κ3) is 5.44. The topological polar surface area (TPSA) is 75.8 Å². The number of aryl methyl sites for hydroxylation is 1. The third-order valence-electron chi connectivity index (χ3n) is 3.73. The molecule has 2 aromatic carbocycles. The Balaban J connectivity index is 1.98. The van der Waals surface area contributed by atoms with Crippen LogP contribution in [0, 0.1) is 6.92 Å². The molecular formula is C20H15Cl3N6. The number of rotatable bonds is 5. The molecule has 0 saturated carbocycles. The van der Waals surface area contributed by atoms with Crippen molar-refractivity contribution >= 4 is 71.3 Å². The van der Waals surface area contributed by atoms with Gasteiger partial charge in [0.25, 0.3) is 17.8 Å². The molecule has 0 radical (unpaired) electrons. The van der Waals surface area contributed by atoms with Crippen LogP contribution in [-0.4, -0.2) is 33.6 Å². The highest BCUT2D eigenvalue weighted by atomic mass is 35.5. The Kier molecular flexibility index (Phi) is 7.04. The molecule has 0 aliphatic heterocycles. The van der Waals surface area contributed by atoms with Crippen molar-refractivity contribution in [3.63, 3.8) is 0 Å². The summed E-state index contributed by atoms with van der Waals surface area (Å²) < 4.78 is 0. The number of aromatic nitrogens is 3. The molecule has 0 bridgehead atoms. The molecule has 3 aromatic rings. The van der Waals surface area contributed by atoms with E-state index >= 15 is 0 Å². The van der Waals surface area contributed by atoms with Gasteiger partial charge in [-0.3, -0.25) is 0 Å². The van der Waals surface area contributed by atoms with E-state index in [4.69, 9.17) is 34.8 Å². The van der Waals surface area contributed by atoms with Crippen LogP contribution < -0.4 is 0 Å². The molecule has 1 heterocycles. The van der Waals surface area contributed by atoms with E-state index in [1.165, 1.54) is 6.21 Å². The Morgan fingerprint density at radius 2 is 1.14 bits per heavy atom. The molecular weight excluding hydrogens is 431 g/mol. The molecule has 29 heavy (non-hydrogen) atoms. The summed E-state index contributed by atoms with van der Waals surface area (Å²) in [5.41, 5.74) is 2.32. The molecule has 0 amide bonds. The normalized spacial score (nSPS) is 11.9. The first-order valence-corrected chi connectivity index (χ1v) is 9.63. The lowest BCUT2D eigenvalue weighted by molar-refractivity contribution is 1.02. The Bertz CT molecular complexity index is 1000. The Morgan fingerprint density at radius 1 is 0.690 bits per heavy atom. The highest BCUT2D eigenvalue weighted by Crippen LogP contribution is 2.24. The molecule has 9 heteroatoms. The highest BCUT2D eigenvalue weighted by molar-refractivity contribution is 6.38. The van der Waals surface area contributed by atoms with Crippen molar-refractivity contribution in [2.24, 2.45) is 15.0 Å². The fourth-order valence-corrected chi connectivity index (χ4v) is 3.08. The van der Waals surface area contributed by atoms with Gasteiger partial charge in [-0.15, -0.1) is 0 Å². The predicted molar refractivity (Wildman–Crippen MR) is 121 cm³/mol. The zero-order chi connectivity index (χ0) is 20.8. The number of hydrogen-bond acceptors (Lipinski definition) is 6. The number of aliphatic imine (C=N–C) groups is 3. The van der Waals surface area contributed by atoms with Crippen molar-refractivity contribution in [2.45, 2.75) is 13.8 Å². The van der Waals surface area contributed by atoms with Crippen LogP contribution >= 0.6 is 34.8 Å². The van der Waals surface area contributed by atoms with Gasteiger partial charge in [0, 0.05) is 34.8 Å². The van der Waals surface area contributed by atoms with Crippen molar-refractivity contribution in [1.29, 1.82) is 0 Å². The summed E-state index contributed by atoms with van der Waals surface area (Å²) in [6, 6.07) is 10.8. The van der Waals surface area contributed by atoms with Gasteiger partial charge in [-0.05, 0) is 37.6 Å². The first-order chi connectivity index (χ1) is 14.0. The molecule has 0 fully saturated rings. The van der Waals surface area contributed by atoms with E-state index in [-0.39, 0.29) is 17.8 Å². The quantitative estimate of drug-likeness (QED) is 0.428. The molecule has 0 saturated heterocycles. The smallest absolute Gasteiger partial charge is 0.224 e. The number of hydrogen-bond donors (Lipinski definition) is 0. The van der Waals surface area contributed by atoms with Crippen molar-refractivity contribution < 1.29 is 0 Å². The Hall–Kier alpha value is -2.67. The van der Waals surface area contributed by atoms with Gasteiger partial charge < -0.3 is 0 Å². The maximum absolute atomic E-state index is 6.24. The minimum atomic E-state index is 0.125. The van der Waals surface area contributed by atoms with Crippen molar-refractivity contribution in [1.82, 2.24) is 15.0 Å². The molecule has 1 aromatic heterocycles. The van der Waals surface area contributed by atoms with Gasteiger partial charge in [-0.25, -0.2) is 15.0 Å². The minimum Gasteiger partial charge on any atom is -0.224 e. The highest BCUT2D eigenvalue weighted by Gasteiger charge is 2.07.